The summed E-state index contributed by atoms with van der Waals surface area (Å²) >= 11 is 0. The lowest BCUT2D eigenvalue weighted by atomic mass is 10.1. The first kappa shape index (κ1) is 20.1. The van der Waals surface area contributed by atoms with Crippen LogP contribution in [0.15, 0.2) is 60.8 Å². The second-order valence-corrected chi connectivity index (χ2v) is 7.06. The molecule has 1 aliphatic rings. The number of ether oxygens (including phenoxy) is 2. The first-order valence-electron chi connectivity index (χ1n) is 9.82. The fourth-order valence-electron chi connectivity index (χ4n) is 3.57. The first-order chi connectivity index (χ1) is 14.6. The number of hydrogen-bond acceptors (Lipinski definition) is 5. The van der Waals surface area contributed by atoms with Gasteiger partial charge in [0.25, 0.3) is 5.88 Å². The average molecular weight is 412 g/mol. The van der Waals surface area contributed by atoms with E-state index in [1.54, 1.807) is 24.3 Å². The predicted octanol–water partition coefficient (Wildman–Crippen LogP) is 4.34. The molecule has 7 heteroatoms. The number of halogens is 2. The summed E-state index contributed by atoms with van der Waals surface area (Å²) in [6, 6.07) is 14.5. The van der Waals surface area contributed by atoms with E-state index in [9.17, 15) is 13.9 Å². The van der Waals surface area contributed by atoms with Gasteiger partial charge in [0, 0.05) is 31.5 Å². The summed E-state index contributed by atoms with van der Waals surface area (Å²) in [4.78, 5) is 6.08. The van der Waals surface area contributed by atoms with Crippen molar-refractivity contribution >= 4 is 5.69 Å². The lowest BCUT2D eigenvalue weighted by Gasteiger charge is -2.23. The van der Waals surface area contributed by atoms with E-state index >= 15 is 0 Å². The van der Waals surface area contributed by atoms with E-state index in [0.29, 0.717) is 18.7 Å². The average Bonchev–Trinajstić information content (AvgIpc) is 3.20. The van der Waals surface area contributed by atoms with E-state index in [4.69, 9.17) is 9.47 Å². The maximum absolute atomic E-state index is 13.9. The summed E-state index contributed by atoms with van der Waals surface area (Å²) in [6.45, 7) is 1.27. The highest BCUT2D eigenvalue weighted by Gasteiger charge is 2.27. The van der Waals surface area contributed by atoms with Gasteiger partial charge in [-0.05, 0) is 54.4 Å². The van der Waals surface area contributed by atoms with Gasteiger partial charge in [-0.1, -0.05) is 12.1 Å². The molecule has 30 heavy (non-hydrogen) atoms. The van der Waals surface area contributed by atoms with Crippen molar-refractivity contribution in [3.63, 3.8) is 0 Å². The number of para-hydroxylation sites is 1. The van der Waals surface area contributed by atoms with Gasteiger partial charge in [-0.15, -0.1) is 0 Å². The summed E-state index contributed by atoms with van der Waals surface area (Å²) in [7, 11) is 0. The van der Waals surface area contributed by atoms with E-state index in [0.717, 1.165) is 24.2 Å². The summed E-state index contributed by atoms with van der Waals surface area (Å²) in [5.41, 5.74) is 1.83. The number of rotatable bonds is 7. The molecule has 1 atom stereocenters. The molecule has 0 bridgehead atoms. The number of aliphatic hydroxyl groups is 1. The molecule has 1 aromatic heterocycles. The molecule has 2 heterocycles. The van der Waals surface area contributed by atoms with Crippen molar-refractivity contribution in [2.45, 2.75) is 18.9 Å². The molecule has 1 saturated heterocycles. The van der Waals surface area contributed by atoms with Crippen molar-refractivity contribution in [1.82, 2.24) is 4.98 Å². The second kappa shape index (κ2) is 9.09. The number of anilines is 1. The SMILES string of the molecule is OCCc1cc(Oc2ccccc2F)ccc1N1CCC(Oc2ncccc2F)C1. The fourth-order valence-corrected chi connectivity index (χ4v) is 3.57. The Morgan fingerprint density at radius 3 is 2.70 bits per heavy atom. The summed E-state index contributed by atoms with van der Waals surface area (Å²) in [5, 5.41) is 9.50. The van der Waals surface area contributed by atoms with E-state index in [1.807, 2.05) is 12.1 Å². The number of aromatic nitrogens is 1. The molecule has 0 aliphatic carbocycles. The van der Waals surface area contributed by atoms with Crippen LogP contribution in [-0.2, 0) is 6.42 Å². The third kappa shape index (κ3) is 4.52. The molecule has 0 amide bonds. The molecule has 1 fully saturated rings. The summed E-state index contributed by atoms with van der Waals surface area (Å²) in [5.74, 6) is -0.270. The Hall–Kier alpha value is -3.19. The van der Waals surface area contributed by atoms with Crippen LogP contribution in [0.5, 0.6) is 17.4 Å². The van der Waals surface area contributed by atoms with Gasteiger partial charge in [-0.2, -0.15) is 0 Å². The number of nitrogens with zero attached hydrogens (tertiary/aromatic N) is 2. The molecular weight excluding hydrogens is 390 g/mol. The number of pyridine rings is 1. The Balaban J connectivity index is 1.49. The largest absolute Gasteiger partial charge is 0.470 e. The van der Waals surface area contributed by atoms with E-state index in [-0.39, 0.29) is 24.3 Å². The highest BCUT2D eigenvalue weighted by atomic mass is 19.1. The van der Waals surface area contributed by atoms with Gasteiger partial charge >= 0.3 is 0 Å². The third-order valence-corrected chi connectivity index (χ3v) is 4.99. The number of hydrogen-bond donors (Lipinski definition) is 1. The Bertz CT molecular complexity index is 1020. The molecule has 0 radical (unpaired) electrons. The topological polar surface area (TPSA) is 54.8 Å². The minimum Gasteiger partial charge on any atom is -0.470 e. The molecule has 156 valence electrons. The highest BCUT2D eigenvalue weighted by molar-refractivity contribution is 5.58. The molecule has 0 saturated carbocycles. The van der Waals surface area contributed by atoms with Crippen LogP contribution in [0.1, 0.15) is 12.0 Å². The van der Waals surface area contributed by atoms with E-state index < -0.39 is 11.6 Å². The van der Waals surface area contributed by atoms with Crippen LogP contribution >= 0.6 is 0 Å². The Morgan fingerprint density at radius 2 is 1.90 bits per heavy atom. The minimum absolute atomic E-state index is 0.00793. The smallest absolute Gasteiger partial charge is 0.250 e. The van der Waals surface area contributed by atoms with Crippen molar-refractivity contribution in [1.29, 1.82) is 0 Å². The Labute approximate surface area is 173 Å². The van der Waals surface area contributed by atoms with Gasteiger partial charge in [0.1, 0.15) is 11.9 Å². The molecular formula is C23H22F2N2O3. The standard InChI is InChI=1S/C23H22F2N2O3/c24-19-4-1-2-6-22(19)29-17-7-8-21(16(14-17)10-13-28)27-12-9-18(15-27)30-23-20(25)5-3-11-26-23/h1-8,11,14,18,28H,9-10,12-13,15H2. The van der Waals surface area contributed by atoms with Crippen LogP contribution in [0.3, 0.4) is 0 Å². The van der Waals surface area contributed by atoms with Crippen LogP contribution in [0.25, 0.3) is 0 Å². The maximum atomic E-state index is 13.9. The zero-order valence-electron chi connectivity index (χ0n) is 16.3. The van der Waals surface area contributed by atoms with Crippen LogP contribution in [0, 0.1) is 11.6 Å². The normalized spacial score (nSPS) is 16.0. The highest BCUT2D eigenvalue weighted by Crippen LogP contribution is 2.32. The maximum Gasteiger partial charge on any atom is 0.250 e. The molecule has 4 rings (SSSR count). The summed E-state index contributed by atoms with van der Waals surface area (Å²) in [6.07, 6.45) is 2.47. The van der Waals surface area contributed by atoms with Crippen molar-refractivity contribution < 1.29 is 23.4 Å². The zero-order valence-corrected chi connectivity index (χ0v) is 16.3. The van der Waals surface area contributed by atoms with Crippen LogP contribution in [0.2, 0.25) is 0 Å². The quantitative estimate of drug-likeness (QED) is 0.626. The lowest BCUT2D eigenvalue weighted by Crippen LogP contribution is -2.26. The van der Waals surface area contributed by atoms with Gasteiger partial charge in [0.2, 0.25) is 0 Å². The molecule has 2 aromatic carbocycles. The van der Waals surface area contributed by atoms with Gasteiger partial charge in [-0.25, -0.2) is 13.8 Å². The van der Waals surface area contributed by atoms with Crippen molar-refractivity contribution in [2.24, 2.45) is 0 Å². The molecule has 5 nitrogen and oxygen atoms in total. The lowest BCUT2D eigenvalue weighted by molar-refractivity contribution is 0.205. The monoisotopic (exact) mass is 412 g/mol. The zero-order chi connectivity index (χ0) is 20.9. The Kier molecular flexibility index (Phi) is 6.09. The Morgan fingerprint density at radius 1 is 1.07 bits per heavy atom. The number of aliphatic hydroxyl groups excluding tert-OH is 1. The van der Waals surface area contributed by atoms with Crippen LogP contribution in [-0.4, -0.2) is 35.9 Å². The van der Waals surface area contributed by atoms with E-state index in [1.165, 1.54) is 24.4 Å². The van der Waals surface area contributed by atoms with Gasteiger partial charge < -0.3 is 19.5 Å². The van der Waals surface area contributed by atoms with Crippen molar-refractivity contribution in [2.75, 3.05) is 24.6 Å². The molecule has 1 N–H and O–H groups in total. The molecule has 1 aliphatic heterocycles. The summed E-state index contributed by atoms with van der Waals surface area (Å²) < 4.78 is 39.1. The minimum atomic E-state index is -0.480. The van der Waals surface area contributed by atoms with Gasteiger partial charge in [-0.3, -0.25) is 0 Å². The molecule has 3 aromatic rings. The fraction of sp³-hybridized carbons (Fsp3) is 0.261. The second-order valence-electron chi connectivity index (χ2n) is 7.06. The number of benzene rings is 2. The van der Waals surface area contributed by atoms with E-state index in [2.05, 4.69) is 9.88 Å². The van der Waals surface area contributed by atoms with Gasteiger partial charge in [0.15, 0.2) is 17.4 Å². The van der Waals surface area contributed by atoms with Crippen molar-refractivity contribution in [3.05, 3.63) is 78.0 Å². The van der Waals surface area contributed by atoms with Gasteiger partial charge in [0.05, 0.1) is 6.54 Å². The third-order valence-electron chi connectivity index (χ3n) is 4.99. The van der Waals surface area contributed by atoms with Crippen LogP contribution < -0.4 is 14.4 Å². The molecule has 1 unspecified atom stereocenters. The molecule has 0 spiro atoms. The van der Waals surface area contributed by atoms with Crippen molar-refractivity contribution in [3.8, 4) is 17.4 Å². The van der Waals surface area contributed by atoms with Crippen LogP contribution in [0.4, 0.5) is 14.5 Å². The first-order valence-corrected chi connectivity index (χ1v) is 9.82. The predicted molar refractivity (Wildman–Crippen MR) is 109 cm³/mol.